The number of aromatic nitrogens is 1. The number of furan rings is 1. The monoisotopic (exact) mass is 664 g/mol. The van der Waals surface area contributed by atoms with Gasteiger partial charge in [-0.15, -0.1) is 0 Å². The molecule has 3 heteroatoms. The maximum atomic E-state index is 6.24. The molecule has 0 fully saturated rings. The molecule has 0 amide bonds. The van der Waals surface area contributed by atoms with Crippen LogP contribution in [0.2, 0.25) is 0 Å². The van der Waals surface area contributed by atoms with Gasteiger partial charge in [-0.25, -0.2) is 0 Å². The van der Waals surface area contributed by atoms with E-state index in [1.165, 1.54) is 44.2 Å². The van der Waals surface area contributed by atoms with E-state index in [4.69, 9.17) is 4.42 Å². The van der Waals surface area contributed by atoms with Crippen molar-refractivity contribution in [2.75, 3.05) is 4.90 Å². The molecule has 0 atom stereocenters. The number of anilines is 3. The average Bonchev–Trinajstić information content (AvgIpc) is 3.58. The smallest absolute Gasteiger partial charge is 0.153 e. The van der Waals surface area contributed by atoms with Gasteiger partial charge in [0.15, 0.2) is 5.58 Å². The number of rotatable bonds is 6. The van der Waals surface area contributed by atoms with Crippen molar-refractivity contribution < 1.29 is 4.42 Å². The van der Waals surface area contributed by atoms with Gasteiger partial charge < -0.3 is 9.32 Å². The predicted molar refractivity (Wildman–Crippen MR) is 218 cm³/mol. The van der Waals surface area contributed by atoms with E-state index >= 15 is 0 Å². The Morgan fingerprint density at radius 2 is 0.981 bits per heavy atom. The van der Waals surface area contributed by atoms with Crippen molar-refractivity contribution in [3.05, 3.63) is 194 Å². The normalized spacial score (nSPS) is 11.5. The Labute approximate surface area is 301 Å². The summed E-state index contributed by atoms with van der Waals surface area (Å²) in [5.41, 5.74) is 12.1. The molecule has 0 aliphatic carbocycles. The van der Waals surface area contributed by atoms with E-state index < -0.39 is 0 Å². The zero-order valence-corrected chi connectivity index (χ0v) is 28.3. The van der Waals surface area contributed by atoms with Gasteiger partial charge in [0, 0.05) is 34.0 Å². The summed E-state index contributed by atoms with van der Waals surface area (Å²) in [6.07, 6.45) is 3.61. The van der Waals surface area contributed by atoms with Gasteiger partial charge in [0.25, 0.3) is 0 Å². The van der Waals surface area contributed by atoms with Crippen LogP contribution < -0.4 is 4.90 Å². The van der Waals surface area contributed by atoms with Gasteiger partial charge in [-0.2, -0.15) is 0 Å². The lowest BCUT2D eigenvalue weighted by molar-refractivity contribution is 0.667. The van der Waals surface area contributed by atoms with Gasteiger partial charge >= 0.3 is 0 Å². The zero-order valence-electron chi connectivity index (χ0n) is 28.3. The SMILES string of the molecule is c1ccc(-c2ccccc2-c2ccc(N(c3ccc(-c4cccc5ccccc45)cc3)c3ccc4cc5c(cc4c3)oc3cnccc35)cc2)cc1. The first kappa shape index (κ1) is 29.9. The fourth-order valence-electron chi connectivity index (χ4n) is 7.61. The van der Waals surface area contributed by atoms with E-state index in [0.29, 0.717) is 0 Å². The summed E-state index contributed by atoms with van der Waals surface area (Å²) < 4.78 is 6.24. The number of hydrogen-bond donors (Lipinski definition) is 0. The van der Waals surface area contributed by atoms with Crippen LogP contribution in [-0.4, -0.2) is 4.98 Å². The lowest BCUT2D eigenvalue weighted by Crippen LogP contribution is -2.09. The highest BCUT2D eigenvalue weighted by Crippen LogP contribution is 2.41. The Balaban J connectivity index is 1.09. The van der Waals surface area contributed by atoms with Gasteiger partial charge in [-0.3, -0.25) is 4.98 Å². The highest BCUT2D eigenvalue weighted by molar-refractivity contribution is 6.10. The molecule has 0 bridgehead atoms. The van der Waals surface area contributed by atoms with Crippen LogP contribution in [0.3, 0.4) is 0 Å². The molecule has 244 valence electrons. The first-order valence-corrected chi connectivity index (χ1v) is 17.6. The number of nitrogens with zero attached hydrogens (tertiary/aromatic N) is 2. The molecular formula is C49H32N2O. The number of hydrogen-bond acceptors (Lipinski definition) is 3. The molecule has 0 spiro atoms. The molecule has 0 aliphatic rings. The van der Waals surface area contributed by atoms with Gasteiger partial charge in [0.05, 0.1) is 6.20 Å². The van der Waals surface area contributed by atoms with Crippen molar-refractivity contribution in [1.29, 1.82) is 0 Å². The molecule has 3 nitrogen and oxygen atoms in total. The van der Waals surface area contributed by atoms with E-state index in [1.54, 1.807) is 6.20 Å². The third-order valence-electron chi connectivity index (χ3n) is 10.1. The van der Waals surface area contributed by atoms with Crippen LogP contribution in [0.5, 0.6) is 0 Å². The fraction of sp³-hybridized carbons (Fsp3) is 0. The van der Waals surface area contributed by atoms with Gasteiger partial charge in [0.2, 0.25) is 0 Å². The van der Waals surface area contributed by atoms with Crippen LogP contribution in [0.15, 0.2) is 199 Å². The lowest BCUT2D eigenvalue weighted by atomic mass is 9.94. The lowest BCUT2D eigenvalue weighted by Gasteiger charge is -2.26. The predicted octanol–water partition coefficient (Wildman–Crippen LogP) is 13.8. The Hall–Kier alpha value is -6.97. The molecule has 0 N–H and O–H groups in total. The highest BCUT2D eigenvalue weighted by Gasteiger charge is 2.16. The second-order valence-electron chi connectivity index (χ2n) is 13.2. The third kappa shape index (κ3) is 5.19. The molecule has 0 aliphatic heterocycles. The zero-order chi connectivity index (χ0) is 34.4. The largest absolute Gasteiger partial charge is 0.454 e. The van der Waals surface area contributed by atoms with Crippen molar-refractivity contribution in [1.82, 2.24) is 4.98 Å². The molecule has 8 aromatic carbocycles. The summed E-state index contributed by atoms with van der Waals surface area (Å²) in [5.74, 6) is 0. The summed E-state index contributed by atoms with van der Waals surface area (Å²) in [5, 5.41) is 6.95. The van der Waals surface area contributed by atoms with Crippen LogP contribution in [-0.2, 0) is 0 Å². The van der Waals surface area contributed by atoms with Gasteiger partial charge in [-0.1, -0.05) is 127 Å². The molecule has 10 rings (SSSR count). The quantitative estimate of drug-likeness (QED) is 0.177. The molecule has 0 saturated carbocycles. The molecule has 10 aromatic rings. The Bertz CT molecular complexity index is 2880. The first-order valence-electron chi connectivity index (χ1n) is 17.6. The summed E-state index contributed by atoms with van der Waals surface area (Å²) in [6.45, 7) is 0. The maximum absolute atomic E-state index is 6.24. The second-order valence-corrected chi connectivity index (χ2v) is 13.2. The van der Waals surface area contributed by atoms with E-state index in [2.05, 4.69) is 186 Å². The van der Waals surface area contributed by atoms with E-state index in [1.807, 2.05) is 12.3 Å². The van der Waals surface area contributed by atoms with Crippen molar-refractivity contribution in [3.8, 4) is 33.4 Å². The highest BCUT2D eigenvalue weighted by atomic mass is 16.3. The minimum absolute atomic E-state index is 0.801. The summed E-state index contributed by atoms with van der Waals surface area (Å²) in [6, 6.07) is 65.3. The van der Waals surface area contributed by atoms with E-state index in [-0.39, 0.29) is 0 Å². The molecule has 2 heterocycles. The van der Waals surface area contributed by atoms with E-state index in [0.717, 1.165) is 49.8 Å². The first-order chi connectivity index (χ1) is 25.8. The Morgan fingerprint density at radius 3 is 1.75 bits per heavy atom. The van der Waals surface area contributed by atoms with E-state index in [9.17, 15) is 0 Å². The standard InChI is InChI=1S/C49H32N2O/c1-2-9-33(10-3-1)42-14-6-7-15-44(42)35-17-22-39(23-18-35)51(40-24-19-36(20-25-40)45-16-8-12-34-11-4-5-13-43(34)45)41-26-21-37-30-47-46-27-28-50-32-49(46)52-48(47)31-38(37)29-41/h1-32H. The summed E-state index contributed by atoms with van der Waals surface area (Å²) in [7, 11) is 0. The van der Waals surface area contributed by atoms with Crippen molar-refractivity contribution in [3.63, 3.8) is 0 Å². The number of pyridine rings is 1. The van der Waals surface area contributed by atoms with Crippen molar-refractivity contribution in [2.24, 2.45) is 0 Å². The van der Waals surface area contributed by atoms with Crippen LogP contribution in [0, 0.1) is 0 Å². The average molecular weight is 665 g/mol. The van der Waals surface area contributed by atoms with Gasteiger partial charge in [-0.05, 0) is 110 Å². The molecular weight excluding hydrogens is 633 g/mol. The van der Waals surface area contributed by atoms with Crippen LogP contribution in [0.1, 0.15) is 0 Å². The minimum atomic E-state index is 0.801. The summed E-state index contributed by atoms with van der Waals surface area (Å²) >= 11 is 0. The van der Waals surface area contributed by atoms with Crippen LogP contribution in [0.25, 0.3) is 76.9 Å². The summed E-state index contributed by atoms with van der Waals surface area (Å²) in [4.78, 5) is 6.61. The van der Waals surface area contributed by atoms with Crippen molar-refractivity contribution >= 4 is 60.5 Å². The Morgan fingerprint density at radius 1 is 0.365 bits per heavy atom. The molecule has 0 radical (unpaired) electrons. The minimum Gasteiger partial charge on any atom is -0.454 e. The number of fused-ring (bicyclic) bond motifs is 5. The number of benzene rings is 8. The van der Waals surface area contributed by atoms with Crippen molar-refractivity contribution in [2.45, 2.75) is 0 Å². The fourth-order valence-corrected chi connectivity index (χ4v) is 7.61. The van der Waals surface area contributed by atoms with Crippen LogP contribution >= 0.6 is 0 Å². The Kier molecular flexibility index (Phi) is 7.14. The molecule has 0 unspecified atom stereocenters. The third-order valence-corrected chi connectivity index (χ3v) is 10.1. The van der Waals surface area contributed by atoms with Crippen LogP contribution in [0.4, 0.5) is 17.1 Å². The second kappa shape index (κ2) is 12.4. The maximum Gasteiger partial charge on any atom is 0.153 e. The molecule has 52 heavy (non-hydrogen) atoms. The molecule has 2 aromatic heterocycles. The molecule has 0 saturated heterocycles. The van der Waals surface area contributed by atoms with Gasteiger partial charge in [0.1, 0.15) is 5.58 Å². The topological polar surface area (TPSA) is 29.3 Å².